The van der Waals surface area contributed by atoms with E-state index >= 15 is 0 Å². The number of nitrogens with two attached hydrogens (primary N) is 1. The molecule has 1 aromatic rings. The second-order valence-corrected chi connectivity index (χ2v) is 5.38. The first kappa shape index (κ1) is 15.5. The Bertz CT molecular complexity index is 624. The maximum absolute atomic E-state index is 12.4. The van der Waals surface area contributed by atoms with Crippen molar-refractivity contribution in [2.24, 2.45) is 0 Å². The van der Waals surface area contributed by atoms with Crippen LogP contribution in [0.4, 0.5) is 5.82 Å². The largest absolute Gasteiger partial charge is 0.384 e. The molecule has 0 radical (unpaired) electrons. The normalized spacial score (nSPS) is 16.6. The molecule has 0 aliphatic carbocycles. The van der Waals surface area contributed by atoms with Gasteiger partial charge in [-0.15, -0.1) is 0 Å². The maximum Gasteiger partial charge on any atom is 0.329 e. The highest BCUT2D eigenvalue weighted by atomic mass is 16.2. The van der Waals surface area contributed by atoms with Gasteiger partial charge in [0.05, 0.1) is 6.54 Å². The van der Waals surface area contributed by atoms with Gasteiger partial charge in [-0.25, -0.2) is 4.79 Å². The van der Waals surface area contributed by atoms with Gasteiger partial charge in [-0.1, -0.05) is 12.8 Å². The lowest BCUT2D eigenvalue weighted by Gasteiger charge is -2.19. The zero-order chi connectivity index (χ0) is 15.4. The summed E-state index contributed by atoms with van der Waals surface area (Å²) >= 11 is 0. The van der Waals surface area contributed by atoms with Gasteiger partial charge in [-0.05, 0) is 32.9 Å². The number of anilines is 1. The number of rotatable bonds is 4. The molecular weight excluding hydrogens is 272 g/mol. The number of aromatic nitrogens is 2. The Morgan fingerprint density at radius 1 is 1.19 bits per heavy atom. The molecule has 0 bridgehead atoms. The minimum atomic E-state index is -0.693. The van der Waals surface area contributed by atoms with Crippen LogP contribution in [-0.4, -0.2) is 39.9 Å². The summed E-state index contributed by atoms with van der Waals surface area (Å²) in [5.41, 5.74) is 4.47. The highest BCUT2D eigenvalue weighted by molar-refractivity contribution is 6.01. The van der Waals surface area contributed by atoms with Crippen LogP contribution >= 0.6 is 0 Å². The summed E-state index contributed by atoms with van der Waals surface area (Å²) in [5.74, 6) is -0.357. The van der Waals surface area contributed by atoms with Crippen molar-refractivity contribution < 1.29 is 4.79 Å². The molecule has 0 unspecified atom stereocenters. The van der Waals surface area contributed by atoms with Crippen LogP contribution in [0.15, 0.2) is 9.59 Å². The molecule has 0 atom stereocenters. The molecule has 1 saturated heterocycles. The fraction of sp³-hybridized carbons (Fsp3) is 0.643. The van der Waals surface area contributed by atoms with Crippen molar-refractivity contribution >= 4 is 11.6 Å². The Hall–Kier alpha value is -1.89. The molecule has 21 heavy (non-hydrogen) atoms. The van der Waals surface area contributed by atoms with Crippen molar-refractivity contribution in [3.8, 4) is 0 Å². The van der Waals surface area contributed by atoms with Crippen molar-refractivity contribution in [1.29, 1.82) is 0 Å². The molecular formula is C14H22N4O3. The first-order chi connectivity index (χ1) is 10.0. The fourth-order valence-corrected chi connectivity index (χ4v) is 2.75. The summed E-state index contributed by atoms with van der Waals surface area (Å²) in [5, 5.41) is 0. The average molecular weight is 294 g/mol. The molecule has 0 saturated carbocycles. The van der Waals surface area contributed by atoms with E-state index in [2.05, 4.69) is 9.88 Å². The van der Waals surface area contributed by atoms with Gasteiger partial charge in [0.1, 0.15) is 11.4 Å². The number of aromatic amines is 1. The second-order valence-electron chi connectivity index (χ2n) is 5.38. The molecule has 2 heterocycles. The molecule has 1 aliphatic heterocycles. The van der Waals surface area contributed by atoms with Gasteiger partial charge < -0.3 is 5.73 Å². The Morgan fingerprint density at radius 2 is 1.81 bits per heavy atom. The number of carbonyl (C=O) groups is 1. The smallest absolute Gasteiger partial charge is 0.329 e. The number of hydrogen-bond donors (Lipinski definition) is 2. The van der Waals surface area contributed by atoms with E-state index < -0.39 is 11.2 Å². The first-order valence-electron chi connectivity index (χ1n) is 7.42. The Kier molecular flexibility index (Phi) is 4.95. The molecule has 3 N–H and O–H groups in total. The van der Waals surface area contributed by atoms with Crippen molar-refractivity contribution in [2.75, 3.05) is 25.4 Å². The van der Waals surface area contributed by atoms with Gasteiger partial charge in [0.15, 0.2) is 5.78 Å². The molecule has 1 aliphatic rings. The minimum absolute atomic E-state index is 0.0360. The number of nitrogen functional groups attached to an aromatic ring is 1. The van der Waals surface area contributed by atoms with Crippen LogP contribution in [0.2, 0.25) is 0 Å². The highest BCUT2D eigenvalue weighted by Gasteiger charge is 2.21. The van der Waals surface area contributed by atoms with Crippen molar-refractivity contribution in [1.82, 2.24) is 14.5 Å². The molecule has 2 rings (SSSR count). The van der Waals surface area contributed by atoms with Crippen LogP contribution in [0.1, 0.15) is 43.0 Å². The zero-order valence-electron chi connectivity index (χ0n) is 12.4. The SMILES string of the molecule is CCn1c(N)c(C(=O)CN2CCCCCC2)c(=O)[nH]c1=O. The summed E-state index contributed by atoms with van der Waals surface area (Å²) in [6, 6.07) is 0. The Labute approximate surface area is 122 Å². The maximum atomic E-state index is 12.4. The molecule has 0 spiro atoms. The van der Waals surface area contributed by atoms with Gasteiger partial charge in [0.25, 0.3) is 5.56 Å². The average Bonchev–Trinajstić information content (AvgIpc) is 2.67. The van der Waals surface area contributed by atoms with Gasteiger partial charge in [0.2, 0.25) is 0 Å². The topological polar surface area (TPSA) is 101 Å². The summed E-state index contributed by atoms with van der Waals surface area (Å²) in [4.78, 5) is 40.1. The van der Waals surface area contributed by atoms with Crippen molar-refractivity contribution in [3.63, 3.8) is 0 Å². The van der Waals surface area contributed by atoms with Crippen LogP contribution in [0, 0.1) is 0 Å². The number of hydrogen-bond acceptors (Lipinski definition) is 5. The van der Waals surface area contributed by atoms with Crippen LogP contribution in [0.5, 0.6) is 0 Å². The Morgan fingerprint density at radius 3 is 2.38 bits per heavy atom. The quantitative estimate of drug-likeness (QED) is 0.772. The Balaban J connectivity index is 2.26. The summed E-state index contributed by atoms with van der Waals surface area (Å²) in [6.45, 7) is 3.94. The van der Waals surface area contributed by atoms with E-state index in [0.29, 0.717) is 6.54 Å². The molecule has 1 fully saturated rings. The monoisotopic (exact) mass is 294 g/mol. The first-order valence-corrected chi connectivity index (χ1v) is 7.42. The predicted octanol–water partition coefficient (Wildman–Crippen LogP) is 0.197. The number of Topliss-reactive ketones (excluding diaryl/α,β-unsaturated/α-hetero) is 1. The van der Waals surface area contributed by atoms with Crippen LogP contribution in [0.25, 0.3) is 0 Å². The van der Waals surface area contributed by atoms with E-state index in [0.717, 1.165) is 25.9 Å². The molecule has 1 aromatic heterocycles. The number of likely N-dealkylation sites (tertiary alicyclic amines) is 1. The number of H-pyrrole nitrogens is 1. The van der Waals surface area contributed by atoms with Crippen LogP contribution in [0.3, 0.4) is 0 Å². The van der Waals surface area contributed by atoms with Gasteiger partial charge in [-0.3, -0.25) is 24.0 Å². The third-order valence-electron chi connectivity index (χ3n) is 3.90. The van der Waals surface area contributed by atoms with E-state index in [9.17, 15) is 14.4 Å². The van der Waals surface area contributed by atoms with E-state index in [1.165, 1.54) is 17.4 Å². The lowest BCUT2D eigenvalue weighted by atomic mass is 10.1. The molecule has 7 nitrogen and oxygen atoms in total. The zero-order valence-corrected chi connectivity index (χ0v) is 12.4. The van der Waals surface area contributed by atoms with E-state index in [1.807, 2.05) is 0 Å². The molecule has 7 heteroatoms. The number of ketones is 1. The van der Waals surface area contributed by atoms with Crippen molar-refractivity contribution in [3.05, 3.63) is 26.4 Å². The molecule has 0 amide bonds. The van der Waals surface area contributed by atoms with Crippen molar-refractivity contribution in [2.45, 2.75) is 39.2 Å². The number of nitrogens with one attached hydrogen (secondary N) is 1. The van der Waals surface area contributed by atoms with Gasteiger partial charge in [0, 0.05) is 6.54 Å². The standard InChI is InChI=1S/C14H22N4O3/c1-2-18-12(15)11(13(20)16-14(18)21)10(19)9-17-7-5-3-4-6-8-17/h2-9,15H2,1H3,(H,16,20,21). The summed E-state index contributed by atoms with van der Waals surface area (Å²) in [7, 11) is 0. The minimum Gasteiger partial charge on any atom is -0.384 e. The van der Waals surface area contributed by atoms with E-state index in [-0.39, 0.29) is 23.7 Å². The summed E-state index contributed by atoms with van der Waals surface area (Å²) < 4.78 is 1.21. The predicted molar refractivity (Wildman–Crippen MR) is 80.6 cm³/mol. The molecule has 116 valence electrons. The van der Waals surface area contributed by atoms with E-state index in [4.69, 9.17) is 5.73 Å². The number of carbonyl (C=O) groups excluding carboxylic acids is 1. The van der Waals surface area contributed by atoms with Crippen LogP contribution < -0.4 is 17.0 Å². The lowest BCUT2D eigenvalue weighted by Crippen LogP contribution is -2.39. The fourth-order valence-electron chi connectivity index (χ4n) is 2.75. The molecule has 0 aromatic carbocycles. The third-order valence-corrected chi connectivity index (χ3v) is 3.90. The second kappa shape index (κ2) is 6.71. The lowest BCUT2D eigenvalue weighted by molar-refractivity contribution is 0.0931. The number of nitrogens with zero attached hydrogens (tertiary/aromatic N) is 2. The van der Waals surface area contributed by atoms with E-state index in [1.54, 1.807) is 6.92 Å². The van der Waals surface area contributed by atoms with Gasteiger partial charge >= 0.3 is 5.69 Å². The van der Waals surface area contributed by atoms with Crippen LogP contribution in [-0.2, 0) is 6.54 Å². The third kappa shape index (κ3) is 3.41. The summed E-state index contributed by atoms with van der Waals surface area (Å²) in [6.07, 6.45) is 4.48. The highest BCUT2D eigenvalue weighted by Crippen LogP contribution is 2.11. The van der Waals surface area contributed by atoms with Gasteiger partial charge in [-0.2, -0.15) is 0 Å².